The van der Waals surface area contributed by atoms with E-state index in [1.54, 1.807) is 0 Å². The monoisotopic (exact) mass is 327 g/mol. The van der Waals surface area contributed by atoms with Crippen LogP contribution in [-0.2, 0) is 9.59 Å². The first kappa shape index (κ1) is 19.3. The Kier molecular flexibility index (Phi) is 7.32. The number of carbonyl (C=O) groups is 3. The number of carbonyl (C=O) groups excluding carboxylic acids is 2. The van der Waals surface area contributed by atoms with E-state index in [0.717, 1.165) is 25.7 Å². The van der Waals surface area contributed by atoms with Crippen molar-refractivity contribution in [1.82, 2.24) is 15.5 Å². The van der Waals surface area contributed by atoms with Crippen LogP contribution in [0.2, 0.25) is 0 Å². The average Bonchev–Trinajstić information content (AvgIpc) is 2.51. The van der Waals surface area contributed by atoms with E-state index in [2.05, 4.69) is 10.6 Å². The van der Waals surface area contributed by atoms with Gasteiger partial charge in [0.25, 0.3) is 0 Å². The van der Waals surface area contributed by atoms with E-state index in [0.29, 0.717) is 13.0 Å². The molecule has 0 aliphatic heterocycles. The van der Waals surface area contributed by atoms with Crippen LogP contribution in [0.3, 0.4) is 0 Å². The predicted octanol–water partition coefficient (Wildman–Crippen LogP) is 1.72. The van der Waals surface area contributed by atoms with E-state index in [-0.39, 0.29) is 24.4 Å². The maximum Gasteiger partial charge on any atom is 0.329 e. The molecule has 1 aliphatic rings. The van der Waals surface area contributed by atoms with Crippen LogP contribution in [0.5, 0.6) is 0 Å². The molecule has 3 amide bonds. The van der Waals surface area contributed by atoms with Crippen LogP contribution in [0, 0.1) is 0 Å². The van der Waals surface area contributed by atoms with Gasteiger partial charge in [0.05, 0.1) is 0 Å². The van der Waals surface area contributed by atoms with E-state index in [9.17, 15) is 14.4 Å². The molecule has 1 aliphatic carbocycles. The van der Waals surface area contributed by atoms with Crippen molar-refractivity contribution in [1.29, 1.82) is 0 Å². The number of carboxylic acid groups (broad SMARTS) is 1. The van der Waals surface area contributed by atoms with Crippen molar-refractivity contribution in [3.8, 4) is 0 Å². The number of likely N-dealkylation sites (N-methyl/N-ethyl adjacent to an activating group) is 1. The molecule has 7 nitrogen and oxygen atoms in total. The minimum atomic E-state index is -1.23. The molecule has 1 rings (SSSR count). The summed E-state index contributed by atoms with van der Waals surface area (Å²) in [5.41, 5.74) is -1.23. The highest BCUT2D eigenvalue weighted by molar-refractivity contribution is 5.86. The molecule has 0 spiro atoms. The van der Waals surface area contributed by atoms with Gasteiger partial charge >= 0.3 is 12.0 Å². The normalized spacial score (nSPS) is 15.8. The molecule has 0 heterocycles. The highest BCUT2D eigenvalue weighted by Crippen LogP contribution is 2.17. The molecule has 0 aromatic rings. The van der Waals surface area contributed by atoms with E-state index < -0.39 is 11.5 Å². The second kappa shape index (κ2) is 8.74. The van der Waals surface area contributed by atoms with E-state index in [4.69, 9.17) is 5.11 Å². The summed E-state index contributed by atoms with van der Waals surface area (Å²) >= 11 is 0. The Hall–Kier alpha value is -1.79. The summed E-state index contributed by atoms with van der Waals surface area (Å²) < 4.78 is 0. The third kappa shape index (κ3) is 6.08. The molecule has 0 aromatic carbocycles. The molecule has 0 aromatic heterocycles. The Balaban J connectivity index is 2.22. The molecule has 23 heavy (non-hydrogen) atoms. The van der Waals surface area contributed by atoms with Crippen molar-refractivity contribution in [3.05, 3.63) is 0 Å². The molecule has 0 bridgehead atoms. The van der Waals surface area contributed by atoms with Crippen LogP contribution in [0.25, 0.3) is 0 Å². The van der Waals surface area contributed by atoms with Crippen LogP contribution in [-0.4, -0.2) is 53.1 Å². The molecule has 0 radical (unpaired) electrons. The minimum absolute atomic E-state index is 0.191. The Morgan fingerprint density at radius 2 is 1.78 bits per heavy atom. The third-order valence-electron chi connectivity index (χ3n) is 4.53. The average molecular weight is 327 g/mol. The molecular weight excluding hydrogens is 298 g/mol. The van der Waals surface area contributed by atoms with Gasteiger partial charge in [0.2, 0.25) is 5.91 Å². The van der Waals surface area contributed by atoms with Gasteiger partial charge in [-0.15, -0.1) is 0 Å². The maximum atomic E-state index is 12.0. The highest BCUT2D eigenvalue weighted by atomic mass is 16.4. The first-order chi connectivity index (χ1) is 10.7. The van der Waals surface area contributed by atoms with Crippen molar-refractivity contribution < 1.29 is 19.5 Å². The summed E-state index contributed by atoms with van der Waals surface area (Å²) in [6.07, 6.45) is 6.30. The maximum absolute atomic E-state index is 12.0. The lowest BCUT2D eigenvalue weighted by Crippen LogP contribution is -2.50. The van der Waals surface area contributed by atoms with Crippen LogP contribution in [0.4, 0.5) is 4.79 Å². The SMILES string of the molecule is CN(C(=O)CCCNC(=O)NC1CCCCC1)C(C)(C)C(=O)O. The summed E-state index contributed by atoms with van der Waals surface area (Å²) in [4.78, 5) is 36.1. The van der Waals surface area contributed by atoms with Gasteiger partial charge in [0.15, 0.2) is 0 Å². The number of carboxylic acids is 1. The summed E-state index contributed by atoms with van der Waals surface area (Å²) in [5.74, 6) is -1.29. The van der Waals surface area contributed by atoms with Crippen molar-refractivity contribution in [2.24, 2.45) is 0 Å². The standard InChI is InChI=1S/C16H29N3O4/c1-16(2,14(21)22)19(3)13(20)10-7-11-17-15(23)18-12-8-5-4-6-9-12/h12H,4-11H2,1-3H3,(H,21,22)(H2,17,18,23). The number of nitrogens with one attached hydrogen (secondary N) is 2. The number of nitrogens with zero attached hydrogens (tertiary/aromatic N) is 1. The fourth-order valence-corrected chi connectivity index (χ4v) is 2.55. The minimum Gasteiger partial charge on any atom is -0.480 e. The quantitative estimate of drug-likeness (QED) is 0.620. The molecule has 0 saturated heterocycles. The molecule has 0 atom stereocenters. The zero-order valence-electron chi connectivity index (χ0n) is 14.4. The highest BCUT2D eigenvalue weighted by Gasteiger charge is 2.34. The van der Waals surface area contributed by atoms with Gasteiger partial charge in [0, 0.05) is 26.1 Å². The number of urea groups is 1. The van der Waals surface area contributed by atoms with Gasteiger partial charge in [-0.05, 0) is 33.1 Å². The summed E-state index contributed by atoms with van der Waals surface area (Å²) in [6.45, 7) is 3.37. The second-order valence-electron chi connectivity index (χ2n) is 6.66. The molecular formula is C16H29N3O4. The van der Waals surface area contributed by atoms with Crippen molar-refractivity contribution in [3.63, 3.8) is 0 Å². The zero-order valence-corrected chi connectivity index (χ0v) is 14.4. The van der Waals surface area contributed by atoms with Gasteiger partial charge in [-0.25, -0.2) is 9.59 Å². The van der Waals surface area contributed by atoms with Crippen molar-refractivity contribution in [2.45, 2.75) is 70.4 Å². The largest absolute Gasteiger partial charge is 0.480 e. The van der Waals surface area contributed by atoms with Crippen LogP contribution in [0.1, 0.15) is 58.8 Å². The van der Waals surface area contributed by atoms with Gasteiger partial charge in [-0.1, -0.05) is 19.3 Å². The fourth-order valence-electron chi connectivity index (χ4n) is 2.55. The number of hydrogen-bond donors (Lipinski definition) is 3. The molecule has 132 valence electrons. The molecule has 3 N–H and O–H groups in total. The van der Waals surface area contributed by atoms with Gasteiger partial charge in [0.1, 0.15) is 5.54 Å². The van der Waals surface area contributed by atoms with Crippen molar-refractivity contribution in [2.75, 3.05) is 13.6 Å². The van der Waals surface area contributed by atoms with Crippen LogP contribution < -0.4 is 10.6 Å². The Bertz CT molecular complexity index is 431. The fraction of sp³-hybridized carbons (Fsp3) is 0.812. The molecule has 0 unspecified atom stereocenters. The predicted molar refractivity (Wildman–Crippen MR) is 87.1 cm³/mol. The number of amides is 3. The van der Waals surface area contributed by atoms with E-state index in [1.807, 2.05) is 0 Å². The van der Waals surface area contributed by atoms with Gasteiger partial charge in [-0.3, -0.25) is 4.79 Å². The summed E-state index contributed by atoms with van der Waals surface area (Å²) in [6, 6.07) is 0.0662. The molecule has 7 heteroatoms. The first-order valence-electron chi connectivity index (χ1n) is 8.29. The lowest BCUT2D eigenvalue weighted by Gasteiger charge is -2.31. The van der Waals surface area contributed by atoms with Gasteiger partial charge in [-0.2, -0.15) is 0 Å². The van der Waals surface area contributed by atoms with Crippen LogP contribution in [0.15, 0.2) is 0 Å². The lowest BCUT2D eigenvalue weighted by atomic mass is 9.96. The topological polar surface area (TPSA) is 98.7 Å². The molecule has 1 fully saturated rings. The summed E-state index contributed by atoms with van der Waals surface area (Å²) in [5, 5.41) is 14.8. The first-order valence-corrected chi connectivity index (χ1v) is 8.29. The van der Waals surface area contributed by atoms with Gasteiger partial charge < -0.3 is 20.6 Å². The Labute approximate surface area is 137 Å². The Morgan fingerprint density at radius 3 is 2.35 bits per heavy atom. The number of aliphatic carboxylic acids is 1. The van der Waals surface area contributed by atoms with Crippen molar-refractivity contribution >= 4 is 17.9 Å². The van der Waals surface area contributed by atoms with Crippen LogP contribution >= 0.6 is 0 Å². The number of hydrogen-bond acceptors (Lipinski definition) is 3. The Morgan fingerprint density at radius 1 is 1.17 bits per heavy atom. The number of rotatable bonds is 7. The third-order valence-corrected chi connectivity index (χ3v) is 4.53. The van der Waals surface area contributed by atoms with E-state index in [1.165, 1.54) is 32.2 Å². The molecule has 1 saturated carbocycles. The lowest BCUT2D eigenvalue weighted by molar-refractivity contribution is -0.155. The smallest absolute Gasteiger partial charge is 0.329 e. The zero-order chi connectivity index (χ0) is 17.5. The summed E-state index contributed by atoms with van der Waals surface area (Å²) in [7, 11) is 1.49. The van der Waals surface area contributed by atoms with E-state index >= 15 is 0 Å². The second-order valence-corrected chi connectivity index (χ2v) is 6.66.